The third-order valence-electron chi connectivity index (χ3n) is 3.30. The van der Waals surface area contributed by atoms with Crippen LogP contribution in [-0.4, -0.2) is 22.7 Å². The average Bonchev–Trinajstić information content (AvgIpc) is 2.87. The fourth-order valence-corrected chi connectivity index (χ4v) is 2.15. The Morgan fingerprint density at radius 2 is 2.18 bits per heavy atom. The average molecular weight is 327 g/mol. The van der Waals surface area contributed by atoms with Gasteiger partial charge in [-0.3, -0.25) is 9.48 Å². The quantitative estimate of drug-likeness (QED) is 0.882. The largest absolute Gasteiger partial charge is 0.350 e. The van der Waals surface area contributed by atoms with Crippen molar-refractivity contribution in [1.29, 1.82) is 0 Å². The fourth-order valence-electron chi connectivity index (χ4n) is 2.15. The van der Waals surface area contributed by atoms with E-state index >= 15 is 0 Å². The van der Waals surface area contributed by atoms with Gasteiger partial charge in [-0.25, -0.2) is 4.39 Å². The van der Waals surface area contributed by atoms with Crippen LogP contribution >= 0.6 is 12.4 Å². The van der Waals surface area contributed by atoms with Crippen molar-refractivity contribution in [1.82, 2.24) is 20.4 Å². The minimum absolute atomic E-state index is 0. The normalized spacial score (nSPS) is 11.6. The molecule has 0 aliphatic rings. The minimum atomic E-state index is -0.458. The molecule has 120 valence electrons. The molecule has 0 bridgehead atoms. The lowest BCUT2D eigenvalue weighted by molar-refractivity contribution is -0.123. The zero-order chi connectivity index (χ0) is 15.4. The van der Waals surface area contributed by atoms with E-state index in [2.05, 4.69) is 15.7 Å². The maximum atomic E-state index is 13.2. The van der Waals surface area contributed by atoms with Gasteiger partial charge in [0.2, 0.25) is 5.91 Å². The molecular weight excluding hydrogens is 307 g/mol. The monoisotopic (exact) mass is 326 g/mol. The number of carbonyl (C=O) groups is 1. The van der Waals surface area contributed by atoms with E-state index in [0.29, 0.717) is 12.1 Å². The van der Waals surface area contributed by atoms with Crippen molar-refractivity contribution >= 4 is 18.3 Å². The number of nitrogens with zero attached hydrogens (tertiary/aromatic N) is 2. The van der Waals surface area contributed by atoms with E-state index < -0.39 is 6.04 Å². The summed E-state index contributed by atoms with van der Waals surface area (Å²) in [6.07, 6.45) is 3.45. The highest BCUT2D eigenvalue weighted by molar-refractivity contribution is 5.85. The molecule has 0 saturated heterocycles. The molecule has 2 rings (SSSR count). The van der Waals surface area contributed by atoms with Gasteiger partial charge in [0.25, 0.3) is 0 Å². The van der Waals surface area contributed by atoms with Crippen molar-refractivity contribution < 1.29 is 9.18 Å². The zero-order valence-corrected chi connectivity index (χ0v) is 13.6. The lowest BCUT2D eigenvalue weighted by Crippen LogP contribution is -2.35. The molecule has 22 heavy (non-hydrogen) atoms. The van der Waals surface area contributed by atoms with Crippen LogP contribution in [0.1, 0.15) is 22.7 Å². The fraction of sp³-hybridized carbons (Fsp3) is 0.333. The first kappa shape index (κ1) is 18.1. The summed E-state index contributed by atoms with van der Waals surface area (Å²) in [5.41, 5.74) is 2.23. The topological polar surface area (TPSA) is 59.0 Å². The molecule has 1 amide bonds. The standard InChI is InChI=1S/C15H19FN4O.ClH/c1-10-6-11(4-5-13(10)16)7-18-15(21)14(17-2)12-8-19-20(3)9-12;/h4-6,8-9,14,17H,7H2,1-3H3,(H,18,21);1H. The number of likely N-dealkylation sites (N-methyl/N-ethyl adjacent to an activating group) is 1. The van der Waals surface area contributed by atoms with Gasteiger partial charge in [0.15, 0.2) is 0 Å². The second-order valence-electron chi connectivity index (χ2n) is 4.97. The third-order valence-corrected chi connectivity index (χ3v) is 3.30. The van der Waals surface area contributed by atoms with Gasteiger partial charge in [0.1, 0.15) is 11.9 Å². The SMILES string of the molecule is CNC(C(=O)NCc1ccc(F)c(C)c1)c1cnn(C)c1.Cl. The highest BCUT2D eigenvalue weighted by Crippen LogP contribution is 2.12. The molecule has 1 atom stereocenters. The summed E-state index contributed by atoms with van der Waals surface area (Å²) in [5, 5.41) is 9.87. The van der Waals surface area contributed by atoms with Crippen LogP contribution in [0.5, 0.6) is 0 Å². The zero-order valence-electron chi connectivity index (χ0n) is 12.8. The molecule has 1 aromatic heterocycles. The first-order valence-corrected chi connectivity index (χ1v) is 6.70. The summed E-state index contributed by atoms with van der Waals surface area (Å²) in [4.78, 5) is 12.2. The molecule has 0 spiro atoms. The predicted octanol–water partition coefficient (Wildman–Crippen LogP) is 1.87. The maximum Gasteiger partial charge on any atom is 0.242 e. The lowest BCUT2D eigenvalue weighted by Gasteiger charge is -2.14. The molecule has 5 nitrogen and oxygen atoms in total. The number of halogens is 2. The minimum Gasteiger partial charge on any atom is -0.350 e. The van der Waals surface area contributed by atoms with E-state index in [4.69, 9.17) is 0 Å². The Bertz CT molecular complexity index is 644. The smallest absolute Gasteiger partial charge is 0.242 e. The molecule has 0 saturated carbocycles. The molecule has 2 aromatic rings. The van der Waals surface area contributed by atoms with Crippen LogP contribution in [0, 0.1) is 12.7 Å². The first-order chi connectivity index (χ1) is 10.0. The summed E-state index contributed by atoms with van der Waals surface area (Å²) < 4.78 is 14.8. The van der Waals surface area contributed by atoms with E-state index in [9.17, 15) is 9.18 Å². The summed E-state index contributed by atoms with van der Waals surface area (Å²) in [5.74, 6) is -0.388. The molecule has 0 aliphatic carbocycles. The Morgan fingerprint density at radius 1 is 1.45 bits per heavy atom. The molecule has 1 unspecified atom stereocenters. The highest BCUT2D eigenvalue weighted by atomic mass is 35.5. The number of nitrogens with one attached hydrogen (secondary N) is 2. The van der Waals surface area contributed by atoms with E-state index in [1.807, 2.05) is 0 Å². The molecular formula is C15H20ClFN4O. The number of carbonyl (C=O) groups excluding carboxylic acids is 1. The number of aromatic nitrogens is 2. The summed E-state index contributed by atoms with van der Waals surface area (Å²) >= 11 is 0. The molecule has 1 heterocycles. The number of hydrogen-bond donors (Lipinski definition) is 2. The number of benzene rings is 1. The molecule has 0 radical (unpaired) electrons. The summed E-state index contributed by atoms with van der Waals surface area (Å²) in [6, 6.07) is 4.35. The highest BCUT2D eigenvalue weighted by Gasteiger charge is 2.19. The second kappa shape index (κ2) is 7.91. The Morgan fingerprint density at radius 3 is 2.73 bits per heavy atom. The van der Waals surface area contributed by atoms with Crippen molar-refractivity contribution in [3.63, 3.8) is 0 Å². The second-order valence-corrected chi connectivity index (χ2v) is 4.97. The van der Waals surface area contributed by atoms with Gasteiger partial charge in [0, 0.05) is 25.4 Å². The van der Waals surface area contributed by atoms with Gasteiger partial charge in [-0.2, -0.15) is 5.10 Å². The summed E-state index contributed by atoms with van der Waals surface area (Å²) in [6.45, 7) is 2.06. The van der Waals surface area contributed by atoms with Gasteiger partial charge in [-0.1, -0.05) is 12.1 Å². The van der Waals surface area contributed by atoms with Gasteiger partial charge >= 0.3 is 0 Å². The lowest BCUT2D eigenvalue weighted by atomic mass is 10.1. The van der Waals surface area contributed by atoms with E-state index in [1.165, 1.54) is 6.07 Å². The molecule has 7 heteroatoms. The first-order valence-electron chi connectivity index (χ1n) is 6.70. The summed E-state index contributed by atoms with van der Waals surface area (Å²) in [7, 11) is 3.52. The van der Waals surface area contributed by atoms with E-state index in [0.717, 1.165) is 11.1 Å². The Kier molecular flexibility index (Phi) is 6.52. The van der Waals surface area contributed by atoms with Crippen LogP contribution in [0.25, 0.3) is 0 Å². The Hall–Kier alpha value is -1.92. The molecule has 1 aromatic carbocycles. The van der Waals surface area contributed by atoms with Crippen LogP contribution in [0.15, 0.2) is 30.6 Å². The van der Waals surface area contributed by atoms with Crippen molar-refractivity contribution in [3.05, 3.63) is 53.1 Å². The molecule has 0 fully saturated rings. The van der Waals surface area contributed by atoms with Crippen molar-refractivity contribution in [2.75, 3.05) is 7.05 Å². The van der Waals surface area contributed by atoms with Crippen LogP contribution in [0.3, 0.4) is 0 Å². The van der Waals surface area contributed by atoms with Gasteiger partial charge in [-0.15, -0.1) is 12.4 Å². The Labute approximate surface area is 135 Å². The van der Waals surface area contributed by atoms with Crippen LogP contribution in [0.2, 0.25) is 0 Å². The van der Waals surface area contributed by atoms with Crippen molar-refractivity contribution in [3.8, 4) is 0 Å². The number of rotatable bonds is 5. The number of aryl methyl sites for hydroxylation is 2. The maximum absolute atomic E-state index is 13.2. The molecule has 0 aliphatic heterocycles. The molecule has 2 N–H and O–H groups in total. The van der Waals surface area contributed by atoms with Crippen molar-refractivity contribution in [2.45, 2.75) is 19.5 Å². The predicted molar refractivity (Wildman–Crippen MR) is 85.2 cm³/mol. The van der Waals surface area contributed by atoms with Crippen LogP contribution in [0.4, 0.5) is 4.39 Å². The Balaban J connectivity index is 0.00000242. The van der Waals surface area contributed by atoms with E-state index in [1.54, 1.807) is 50.2 Å². The van der Waals surface area contributed by atoms with Gasteiger partial charge in [0.05, 0.1) is 6.20 Å². The number of hydrogen-bond acceptors (Lipinski definition) is 3. The van der Waals surface area contributed by atoms with Crippen LogP contribution in [-0.2, 0) is 18.4 Å². The van der Waals surface area contributed by atoms with Gasteiger partial charge < -0.3 is 10.6 Å². The number of amides is 1. The third kappa shape index (κ3) is 4.29. The van der Waals surface area contributed by atoms with Crippen molar-refractivity contribution in [2.24, 2.45) is 7.05 Å². The van der Waals surface area contributed by atoms with Crippen LogP contribution < -0.4 is 10.6 Å². The van der Waals surface area contributed by atoms with E-state index in [-0.39, 0.29) is 24.1 Å². The van der Waals surface area contributed by atoms with Gasteiger partial charge in [-0.05, 0) is 31.2 Å².